The molecule has 0 aliphatic carbocycles. The molecular weight excluding hydrogens is 388 g/mol. The predicted molar refractivity (Wildman–Crippen MR) is 121 cm³/mol. The summed E-state index contributed by atoms with van der Waals surface area (Å²) in [7, 11) is 3.26. The zero-order valence-electron chi connectivity index (χ0n) is 17.4. The summed E-state index contributed by atoms with van der Waals surface area (Å²) >= 11 is 0. The molecule has 4 nitrogen and oxygen atoms in total. The molecule has 0 unspecified atom stereocenters. The van der Waals surface area contributed by atoms with Gasteiger partial charge in [0.15, 0.2) is 0 Å². The van der Waals surface area contributed by atoms with Crippen molar-refractivity contribution in [2.75, 3.05) is 14.2 Å². The maximum Gasteiger partial charge on any atom is 0.120 e. The topological polar surface area (TPSA) is 58.9 Å². The zero-order chi connectivity index (χ0) is 21.8. The Labute approximate surface area is 182 Å². The van der Waals surface area contributed by atoms with E-state index in [1.165, 1.54) is 12.1 Å². The molecule has 0 saturated carbocycles. The highest BCUT2D eigenvalue weighted by molar-refractivity contribution is 5.64. The fraction of sp³-hybridized carbons (Fsp3) is 0.111. The number of methoxy groups -OCH3 is 2. The van der Waals surface area contributed by atoms with E-state index >= 15 is 0 Å². The van der Waals surface area contributed by atoms with Crippen LogP contribution < -0.4 is 9.47 Å². The van der Waals surface area contributed by atoms with E-state index in [2.05, 4.69) is 0 Å². The molecule has 4 aromatic rings. The molecule has 0 bridgehead atoms. The van der Waals surface area contributed by atoms with Gasteiger partial charge in [-0.05, 0) is 59.2 Å². The van der Waals surface area contributed by atoms with Crippen molar-refractivity contribution in [3.05, 3.63) is 119 Å². The Balaban J connectivity index is 2.13. The van der Waals surface area contributed by atoms with E-state index in [0.29, 0.717) is 5.56 Å². The molecule has 0 aliphatic rings. The summed E-state index contributed by atoms with van der Waals surface area (Å²) < 4.78 is 10.7. The number of rotatable bonds is 6. The molecule has 0 fully saturated rings. The molecule has 0 amide bonds. The summed E-state index contributed by atoms with van der Waals surface area (Å²) in [6.07, 6.45) is 0. The maximum atomic E-state index is 11.0. The number of aromatic hydroxyl groups is 2. The lowest BCUT2D eigenvalue weighted by atomic mass is 9.65. The average Bonchev–Trinajstić information content (AvgIpc) is 2.83. The normalized spacial score (nSPS) is 11.2. The molecule has 4 aromatic carbocycles. The molecule has 0 spiro atoms. The number of hydrogen-bond acceptors (Lipinski definition) is 4. The Morgan fingerprint density at radius 2 is 1.06 bits per heavy atom. The van der Waals surface area contributed by atoms with Crippen molar-refractivity contribution in [2.24, 2.45) is 0 Å². The van der Waals surface area contributed by atoms with Gasteiger partial charge in [0.2, 0.25) is 0 Å². The standard InChI is InChI=1S/C27H24O4/c1-30-23-13-8-20(9-14-23)27(19-6-4-3-5-7-19,21-10-15-24(31-2)16-11-21)25-18-22(28)12-17-26(25)29/h3-18,28-29H,1-2H3. The van der Waals surface area contributed by atoms with Gasteiger partial charge in [-0.3, -0.25) is 0 Å². The van der Waals surface area contributed by atoms with Gasteiger partial charge >= 0.3 is 0 Å². The van der Waals surface area contributed by atoms with Crippen molar-refractivity contribution >= 4 is 0 Å². The second kappa shape index (κ2) is 8.44. The van der Waals surface area contributed by atoms with Crippen molar-refractivity contribution in [1.29, 1.82) is 0 Å². The Kier molecular flexibility index (Phi) is 5.54. The first-order chi connectivity index (χ1) is 15.1. The van der Waals surface area contributed by atoms with Crippen molar-refractivity contribution in [2.45, 2.75) is 5.41 Å². The smallest absolute Gasteiger partial charge is 0.120 e. The Morgan fingerprint density at radius 3 is 1.55 bits per heavy atom. The first-order valence-corrected chi connectivity index (χ1v) is 9.96. The summed E-state index contributed by atoms with van der Waals surface area (Å²) in [4.78, 5) is 0. The van der Waals surface area contributed by atoms with Gasteiger partial charge in [-0.15, -0.1) is 0 Å². The Morgan fingerprint density at radius 1 is 0.581 bits per heavy atom. The van der Waals surface area contributed by atoms with Crippen LogP contribution in [0.15, 0.2) is 97.1 Å². The van der Waals surface area contributed by atoms with Crippen LogP contribution in [0.3, 0.4) is 0 Å². The molecule has 0 aliphatic heterocycles. The summed E-state index contributed by atoms with van der Waals surface area (Å²) in [5.74, 6) is 1.64. The van der Waals surface area contributed by atoms with Gasteiger partial charge in [0.1, 0.15) is 23.0 Å². The monoisotopic (exact) mass is 412 g/mol. The lowest BCUT2D eigenvalue weighted by Gasteiger charge is -2.37. The van der Waals surface area contributed by atoms with E-state index in [1.807, 2.05) is 78.9 Å². The molecule has 0 aromatic heterocycles. The number of phenols is 2. The molecule has 0 heterocycles. The van der Waals surface area contributed by atoms with Gasteiger partial charge in [0.05, 0.1) is 19.6 Å². The van der Waals surface area contributed by atoms with Crippen LogP contribution in [-0.4, -0.2) is 24.4 Å². The summed E-state index contributed by atoms with van der Waals surface area (Å²) in [6.45, 7) is 0. The van der Waals surface area contributed by atoms with Crippen LogP contribution >= 0.6 is 0 Å². The molecule has 4 rings (SSSR count). The lowest BCUT2D eigenvalue weighted by Crippen LogP contribution is -2.31. The number of phenolic OH excluding ortho intramolecular Hbond substituents is 2. The van der Waals surface area contributed by atoms with Gasteiger partial charge in [-0.2, -0.15) is 0 Å². The summed E-state index contributed by atoms with van der Waals surface area (Å²) in [5, 5.41) is 21.4. The van der Waals surface area contributed by atoms with E-state index < -0.39 is 5.41 Å². The lowest BCUT2D eigenvalue weighted by molar-refractivity contribution is 0.414. The molecule has 0 atom stereocenters. The molecule has 31 heavy (non-hydrogen) atoms. The molecule has 4 heteroatoms. The van der Waals surface area contributed by atoms with Crippen LogP contribution in [0.4, 0.5) is 0 Å². The fourth-order valence-electron chi connectivity index (χ4n) is 4.16. The maximum absolute atomic E-state index is 11.0. The third-order valence-corrected chi connectivity index (χ3v) is 5.64. The highest BCUT2D eigenvalue weighted by Gasteiger charge is 2.40. The van der Waals surface area contributed by atoms with Crippen LogP contribution in [-0.2, 0) is 5.41 Å². The molecule has 0 saturated heterocycles. The minimum absolute atomic E-state index is 0.0788. The van der Waals surface area contributed by atoms with Crippen molar-refractivity contribution < 1.29 is 19.7 Å². The minimum Gasteiger partial charge on any atom is -0.508 e. The van der Waals surface area contributed by atoms with Crippen molar-refractivity contribution in [1.82, 2.24) is 0 Å². The largest absolute Gasteiger partial charge is 0.508 e. The number of ether oxygens (including phenoxy) is 2. The van der Waals surface area contributed by atoms with Gasteiger partial charge in [-0.25, -0.2) is 0 Å². The average molecular weight is 412 g/mol. The third kappa shape index (κ3) is 3.57. The van der Waals surface area contributed by atoms with E-state index in [0.717, 1.165) is 28.2 Å². The van der Waals surface area contributed by atoms with Crippen molar-refractivity contribution in [3.8, 4) is 23.0 Å². The number of hydrogen-bond donors (Lipinski definition) is 2. The highest BCUT2D eigenvalue weighted by Crippen LogP contribution is 2.49. The molecule has 2 N–H and O–H groups in total. The Bertz CT molecular complexity index is 1100. The zero-order valence-corrected chi connectivity index (χ0v) is 17.4. The van der Waals surface area contributed by atoms with Crippen LogP contribution in [0.5, 0.6) is 23.0 Å². The third-order valence-electron chi connectivity index (χ3n) is 5.64. The predicted octanol–water partition coefficient (Wildman–Crippen LogP) is 5.50. The van der Waals surface area contributed by atoms with Crippen molar-refractivity contribution in [3.63, 3.8) is 0 Å². The first kappa shape index (κ1) is 20.4. The molecular formula is C27H24O4. The van der Waals surface area contributed by atoms with E-state index in [-0.39, 0.29) is 11.5 Å². The van der Waals surface area contributed by atoms with Gasteiger partial charge < -0.3 is 19.7 Å². The van der Waals surface area contributed by atoms with Crippen LogP contribution in [0, 0.1) is 0 Å². The minimum atomic E-state index is -0.886. The molecule has 0 radical (unpaired) electrons. The van der Waals surface area contributed by atoms with Crippen LogP contribution in [0.2, 0.25) is 0 Å². The quantitative estimate of drug-likeness (QED) is 0.324. The SMILES string of the molecule is COc1ccc(C(c2ccccc2)(c2ccc(OC)cc2)c2cc(O)ccc2O)cc1. The highest BCUT2D eigenvalue weighted by atomic mass is 16.5. The van der Waals surface area contributed by atoms with E-state index in [1.54, 1.807) is 20.3 Å². The summed E-state index contributed by atoms with van der Waals surface area (Å²) in [6, 6.07) is 30.1. The first-order valence-electron chi connectivity index (χ1n) is 9.96. The second-order valence-electron chi connectivity index (χ2n) is 7.27. The summed E-state index contributed by atoms with van der Waals surface area (Å²) in [5.41, 5.74) is 2.49. The Hall–Kier alpha value is -3.92. The fourth-order valence-corrected chi connectivity index (χ4v) is 4.16. The van der Waals surface area contributed by atoms with Crippen LogP contribution in [0.1, 0.15) is 22.3 Å². The van der Waals surface area contributed by atoms with Crippen LogP contribution in [0.25, 0.3) is 0 Å². The van der Waals surface area contributed by atoms with Gasteiger partial charge in [0.25, 0.3) is 0 Å². The van der Waals surface area contributed by atoms with Gasteiger partial charge in [-0.1, -0.05) is 54.6 Å². The van der Waals surface area contributed by atoms with E-state index in [4.69, 9.17) is 9.47 Å². The van der Waals surface area contributed by atoms with E-state index in [9.17, 15) is 10.2 Å². The number of benzene rings is 4. The molecule has 156 valence electrons. The van der Waals surface area contributed by atoms with Gasteiger partial charge in [0, 0.05) is 5.56 Å². The second-order valence-corrected chi connectivity index (χ2v) is 7.27.